The highest BCUT2D eigenvalue weighted by molar-refractivity contribution is 7.07. The zero-order valence-electron chi connectivity index (χ0n) is 8.37. The Morgan fingerprint density at radius 3 is 2.69 bits per heavy atom. The van der Waals surface area contributed by atoms with Gasteiger partial charge in [0.05, 0.1) is 11.2 Å². The lowest BCUT2D eigenvalue weighted by atomic mass is 10.2. The topological polar surface area (TPSA) is 34.5 Å². The number of hydrogen-bond donors (Lipinski definition) is 0. The summed E-state index contributed by atoms with van der Waals surface area (Å²) in [5.74, 6) is 0. The molecule has 0 aliphatic carbocycles. The molecule has 0 aromatic carbocycles. The third-order valence-electron chi connectivity index (χ3n) is 1.26. The van der Waals surface area contributed by atoms with Gasteiger partial charge in [0.15, 0.2) is 0 Å². The molecule has 13 heavy (non-hydrogen) atoms. The van der Waals surface area contributed by atoms with Crippen LogP contribution in [0.3, 0.4) is 0 Å². The van der Waals surface area contributed by atoms with E-state index in [4.69, 9.17) is 4.84 Å². The molecule has 1 heterocycles. The summed E-state index contributed by atoms with van der Waals surface area (Å²) in [5.41, 5.74) is 3.24. The number of hydrogen-bond acceptors (Lipinski definition) is 4. The van der Waals surface area contributed by atoms with Gasteiger partial charge in [-0.2, -0.15) is 0 Å². The van der Waals surface area contributed by atoms with Crippen LogP contribution < -0.4 is 0 Å². The van der Waals surface area contributed by atoms with Gasteiger partial charge in [-0.3, -0.25) is 0 Å². The van der Waals surface area contributed by atoms with Crippen LogP contribution in [-0.4, -0.2) is 16.3 Å². The van der Waals surface area contributed by atoms with Crippen LogP contribution in [0, 0.1) is 0 Å². The van der Waals surface area contributed by atoms with Crippen molar-refractivity contribution < 1.29 is 4.84 Å². The summed E-state index contributed by atoms with van der Waals surface area (Å²) in [6.45, 7) is 7.78. The summed E-state index contributed by atoms with van der Waals surface area (Å²) in [7, 11) is 0. The van der Waals surface area contributed by atoms with Crippen molar-refractivity contribution in [1.82, 2.24) is 4.98 Å². The Morgan fingerprint density at radius 2 is 2.23 bits per heavy atom. The minimum absolute atomic E-state index is 0.239. The first-order valence-corrected chi connectivity index (χ1v) is 5.04. The monoisotopic (exact) mass is 198 g/mol. The van der Waals surface area contributed by atoms with Gasteiger partial charge in [-0.05, 0) is 27.7 Å². The molecule has 1 aromatic rings. The molecule has 1 rings (SSSR count). The smallest absolute Gasteiger partial charge is 0.129 e. The van der Waals surface area contributed by atoms with Crippen LogP contribution >= 0.6 is 11.3 Å². The predicted molar refractivity (Wildman–Crippen MR) is 55.2 cm³/mol. The van der Waals surface area contributed by atoms with Gasteiger partial charge in [0, 0.05) is 5.38 Å². The van der Waals surface area contributed by atoms with Crippen LogP contribution in [0.5, 0.6) is 0 Å². The van der Waals surface area contributed by atoms with E-state index in [0.29, 0.717) is 0 Å². The molecule has 4 heteroatoms. The van der Waals surface area contributed by atoms with Crippen molar-refractivity contribution >= 4 is 17.0 Å². The Kier molecular flexibility index (Phi) is 3.03. The fourth-order valence-electron chi connectivity index (χ4n) is 0.643. The number of aromatic nitrogens is 1. The molecule has 0 aliphatic heterocycles. The van der Waals surface area contributed by atoms with Gasteiger partial charge in [-0.15, -0.1) is 11.3 Å². The molecular weight excluding hydrogens is 184 g/mol. The van der Waals surface area contributed by atoms with E-state index in [1.165, 1.54) is 0 Å². The normalized spacial score (nSPS) is 13.1. The second kappa shape index (κ2) is 3.87. The summed E-state index contributed by atoms with van der Waals surface area (Å²) in [6.07, 6.45) is 0. The molecule has 0 atom stereocenters. The molecule has 0 bridgehead atoms. The molecule has 0 spiro atoms. The largest absolute Gasteiger partial charge is 0.390 e. The van der Waals surface area contributed by atoms with E-state index in [1.54, 1.807) is 16.8 Å². The molecule has 0 amide bonds. The third kappa shape index (κ3) is 3.55. The Hall–Kier alpha value is -0.900. The molecule has 0 radical (unpaired) electrons. The van der Waals surface area contributed by atoms with Gasteiger partial charge in [0.1, 0.15) is 11.3 Å². The molecule has 3 nitrogen and oxygen atoms in total. The van der Waals surface area contributed by atoms with E-state index in [2.05, 4.69) is 10.1 Å². The fourth-order valence-corrected chi connectivity index (χ4v) is 1.24. The second-order valence-corrected chi connectivity index (χ2v) is 4.47. The molecule has 0 fully saturated rings. The first kappa shape index (κ1) is 10.2. The highest BCUT2D eigenvalue weighted by Crippen LogP contribution is 2.09. The molecular formula is C9H14N2OS. The molecule has 72 valence electrons. The van der Waals surface area contributed by atoms with Crippen molar-refractivity contribution in [3.05, 3.63) is 16.6 Å². The summed E-state index contributed by atoms with van der Waals surface area (Å²) in [5, 5.41) is 5.95. The lowest BCUT2D eigenvalue weighted by Gasteiger charge is -2.15. The number of thiazole rings is 1. The van der Waals surface area contributed by atoms with Gasteiger partial charge in [-0.25, -0.2) is 4.98 Å². The van der Waals surface area contributed by atoms with Crippen LogP contribution in [0.15, 0.2) is 16.0 Å². The molecule has 1 aromatic heterocycles. The van der Waals surface area contributed by atoms with E-state index in [9.17, 15) is 0 Å². The minimum Gasteiger partial charge on any atom is -0.390 e. The zero-order chi connectivity index (χ0) is 9.90. The Labute approximate surface area is 82.4 Å². The minimum atomic E-state index is -0.239. The van der Waals surface area contributed by atoms with Crippen LogP contribution in [0.25, 0.3) is 0 Å². The number of oxime groups is 1. The SMILES string of the molecule is C/C(=N/OC(C)(C)C)c1cscn1. The Bertz CT molecular complexity index is 285. The molecule has 0 aliphatic rings. The van der Waals surface area contributed by atoms with E-state index in [-0.39, 0.29) is 5.60 Å². The maximum Gasteiger partial charge on any atom is 0.129 e. The summed E-state index contributed by atoms with van der Waals surface area (Å²) >= 11 is 1.55. The standard InChI is InChI=1S/C9H14N2OS/c1-7(8-5-13-6-10-8)11-12-9(2,3)4/h5-6H,1-4H3/b11-7-. The van der Waals surface area contributed by atoms with Crippen molar-refractivity contribution in [2.24, 2.45) is 5.16 Å². The van der Waals surface area contributed by atoms with Crippen LogP contribution in [-0.2, 0) is 4.84 Å². The summed E-state index contributed by atoms with van der Waals surface area (Å²) < 4.78 is 0. The predicted octanol–water partition coefficient (Wildman–Crippen LogP) is 2.68. The lowest BCUT2D eigenvalue weighted by molar-refractivity contribution is 0.000926. The van der Waals surface area contributed by atoms with Crippen molar-refractivity contribution in [2.45, 2.75) is 33.3 Å². The Balaban J connectivity index is 2.63. The van der Waals surface area contributed by atoms with Gasteiger partial charge < -0.3 is 4.84 Å². The van der Waals surface area contributed by atoms with E-state index < -0.39 is 0 Å². The van der Waals surface area contributed by atoms with Gasteiger partial charge in [0.2, 0.25) is 0 Å². The van der Waals surface area contributed by atoms with Crippen LogP contribution in [0.4, 0.5) is 0 Å². The van der Waals surface area contributed by atoms with Crippen molar-refractivity contribution in [3.63, 3.8) is 0 Å². The van der Waals surface area contributed by atoms with E-state index in [0.717, 1.165) is 11.4 Å². The molecule has 0 saturated heterocycles. The van der Waals surface area contributed by atoms with Gasteiger partial charge in [-0.1, -0.05) is 5.16 Å². The average molecular weight is 198 g/mol. The Morgan fingerprint density at radius 1 is 1.54 bits per heavy atom. The molecule has 0 saturated carbocycles. The zero-order valence-corrected chi connectivity index (χ0v) is 9.18. The van der Waals surface area contributed by atoms with E-state index in [1.807, 2.05) is 33.1 Å². The molecule has 0 N–H and O–H groups in total. The highest BCUT2D eigenvalue weighted by atomic mass is 32.1. The van der Waals surface area contributed by atoms with Crippen LogP contribution in [0.2, 0.25) is 0 Å². The maximum atomic E-state index is 5.27. The number of nitrogens with zero attached hydrogens (tertiary/aromatic N) is 2. The fraction of sp³-hybridized carbons (Fsp3) is 0.556. The van der Waals surface area contributed by atoms with Crippen LogP contribution in [0.1, 0.15) is 33.4 Å². The van der Waals surface area contributed by atoms with Crippen molar-refractivity contribution in [3.8, 4) is 0 Å². The van der Waals surface area contributed by atoms with E-state index >= 15 is 0 Å². The highest BCUT2D eigenvalue weighted by Gasteiger charge is 2.10. The quantitative estimate of drug-likeness (QED) is 0.541. The van der Waals surface area contributed by atoms with Crippen molar-refractivity contribution in [2.75, 3.05) is 0 Å². The number of rotatable bonds is 2. The summed E-state index contributed by atoms with van der Waals surface area (Å²) in [4.78, 5) is 9.39. The van der Waals surface area contributed by atoms with Gasteiger partial charge >= 0.3 is 0 Å². The summed E-state index contributed by atoms with van der Waals surface area (Å²) in [6, 6.07) is 0. The molecule has 0 unspecified atom stereocenters. The second-order valence-electron chi connectivity index (χ2n) is 3.75. The average Bonchev–Trinajstić information content (AvgIpc) is 2.50. The third-order valence-corrected chi connectivity index (χ3v) is 1.85. The first-order valence-electron chi connectivity index (χ1n) is 4.10. The first-order chi connectivity index (χ1) is 5.99. The lowest BCUT2D eigenvalue weighted by Crippen LogP contribution is -2.16. The van der Waals surface area contributed by atoms with Crippen molar-refractivity contribution in [1.29, 1.82) is 0 Å². The van der Waals surface area contributed by atoms with Gasteiger partial charge in [0.25, 0.3) is 0 Å². The maximum absolute atomic E-state index is 5.27.